The second-order valence-electron chi connectivity index (χ2n) is 9.79. The first-order valence-corrected chi connectivity index (χ1v) is 17.7. The summed E-state index contributed by atoms with van der Waals surface area (Å²) in [6.45, 7) is 3.81. The van der Waals surface area contributed by atoms with E-state index < -0.39 is 46.3 Å². The Balaban J connectivity index is 3.89. The maximum atomic E-state index is 12.1. The van der Waals surface area contributed by atoms with Gasteiger partial charge in [0, 0.05) is 0 Å². The number of carboxylic acid groups (broad SMARTS) is 1. The zero-order chi connectivity index (χ0) is 27.5. The number of amides is 1. The molecule has 208 valence electrons. The Bertz CT molecular complexity index is 816. The van der Waals surface area contributed by atoms with Crippen molar-refractivity contribution in [3.63, 3.8) is 0 Å². The molecule has 0 fully saturated rings. The molecule has 12 heteroatoms. The molecule has 1 amide bonds. The van der Waals surface area contributed by atoms with Gasteiger partial charge < -0.3 is 0 Å². The molecule has 0 saturated heterocycles. The molecule has 2 atom stereocenters. The molecule has 0 spiro atoms. The summed E-state index contributed by atoms with van der Waals surface area (Å²) in [5.41, 5.74) is 0. The monoisotopic (exact) mass is 563 g/mol. The van der Waals surface area contributed by atoms with Gasteiger partial charge in [-0.05, 0) is 0 Å². The molecule has 0 aliphatic heterocycles. The predicted molar refractivity (Wildman–Crippen MR) is 143 cm³/mol. The second-order valence-corrected chi connectivity index (χ2v) is 16.4. The third kappa shape index (κ3) is 18.1. The predicted octanol–water partition coefficient (Wildman–Crippen LogP) is 4.40. The Morgan fingerprint density at radius 2 is 1.14 bits per heavy atom. The van der Waals surface area contributed by atoms with Gasteiger partial charge in [0.15, 0.2) is 0 Å². The van der Waals surface area contributed by atoms with Crippen molar-refractivity contribution in [2.24, 2.45) is 0 Å². The van der Waals surface area contributed by atoms with Crippen LogP contribution in [-0.4, -0.2) is 76.0 Å². The number of hydrogen-bond acceptors (Lipinski definition) is 7. The van der Waals surface area contributed by atoms with Crippen molar-refractivity contribution in [2.75, 3.05) is 6.54 Å². The maximum absolute atomic E-state index is 12.1. The fourth-order valence-corrected chi connectivity index (χ4v) is 7.09. The molecule has 0 aromatic rings. The molecule has 2 N–H and O–H groups in total. The number of rotatable bonds is 24. The molecule has 0 heterocycles. The van der Waals surface area contributed by atoms with Crippen molar-refractivity contribution in [3.05, 3.63) is 0 Å². The van der Waals surface area contributed by atoms with E-state index in [0.717, 1.165) is 19.3 Å². The number of hydrogen-bond donors (Lipinski definition) is 2. The van der Waals surface area contributed by atoms with Crippen molar-refractivity contribution in [1.29, 1.82) is 0 Å². The van der Waals surface area contributed by atoms with E-state index in [4.69, 9.17) is 0 Å². The number of aliphatic carboxylic acids is 1. The first-order chi connectivity index (χ1) is 16.9. The minimum atomic E-state index is -5.01. The molecule has 9 nitrogen and oxygen atoms in total. The van der Waals surface area contributed by atoms with Crippen LogP contribution in [-0.2, 0) is 33.5 Å². The minimum absolute atomic E-state index is 0.109. The SMILES string of the molecule is CCCCCCCCCCCCCCCCCCNC(=O)CC(C(=O)O)S(=O)(=O)OS(=O)(=O)[CH](C)[Na]. The first-order valence-electron chi connectivity index (χ1n) is 13.6. The summed E-state index contributed by atoms with van der Waals surface area (Å²) in [5, 5.41) is 9.42. The van der Waals surface area contributed by atoms with E-state index in [-0.39, 0.29) is 27.9 Å². The molecular formula is C24H46NNaO8S2. The molecule has 0 bridgehead atoms. The molecule has 0 aromatic heterocycles. The summed E-state index contributed by atoms with van der Waals surface area (Å²) in [6, 6.07) is 0. The van der Waals surface area contributed by atoms with Gasteiger partial charge >= 0.3 is 147 Å². The number of carbonyl (C=O) groups is 2. The van der Waals surface area contributed by atoms with Crippen LogP contribution in [0.1, 0.15) is 123 Å². The average molecular weight is 564 g/mol. The van der Waals surface area contributed by atoms with Gasteiger partial charge in [0.25, 0.3) is 0 Å². The number of carboxylic acids is 1. The standard InChI is InChI=1S/C24H46NO8S2.Na/c1-3-5-6-7-8-9-10-11-12-13-14-15-16-17-18-19-20-25-23(26)21-22(24(27)28)35(31,32)33-34(29,30)4-2;/h4,22H,3,5-21H2,1-2H3,(H,25,26)(H,27,28);. The van der Waals surface area contributed by atoms with Crippen LogP contribution in [0.3, 0.4) is 0 Å². The summed E-state index contributed by atoms with van der Waals surface area (Å²) in [7, 11) is -9.44. The molecule has 0 saturated carbocycles. The van der Waals surface area contributed by atoms with E-state index in [1.807, 2.05) is 0 Å². The van der Waals surface area contributed by atoms with E-state index in [1.54, 1.807) is 0 Å². The molecule has 0 radical (unpaired) electrons. The third-order valence-corrected chi connectivity index (χ3v) is 11.6. The van der Waals surface area contributed by atoms with E-state index in [1.165, 1.54) is 84.0 Å². The van der Waals surface area contributed by atoms with Gasteiger partial charge in [-0.1, -0.05) is 90.4 Å². The Morgan fingerprint density at radius 3 is 1.50 bits per heavy atom. The summed E-state index contributed by atoms with van der Waals surface area (Å²) < 4.78 is 50.8. The van der Waals surface area contributed by atoms with Gasteiger partial charge in [-0.25, -0.2) is 0 Å². The van der Waals surface area contributed by atoms with Gasteiger partial charge in [-0.2, -0.15) is 0 Å². The molecule has 0 rings (SSSR count). The van der Waals surface area contributed by atoms with Crippen molar-refractivity contribution < 1.29 is 35.2 Å². The van der Waals surface area contributed by atoms with Crippen LogP contribution in [0.2, 0.25) is 0 Å². The van der Waals surface area contributed by atoms with Gasteiger partial charge in [0.2, 0.25) is 0 Å². The van der Waals surface area contributed by atoms with Crippen molar-refractivity contribution in [2.45, 2.75) is 131 Å². The molecule has 36 heavy (non-hydrogen) atoms. The average Bonchev–Trinajstić information content (AvgIpc) is 2.78. The molecule has 2 unspecified atom stereocenters. The number of carbonyl (C=O) groups excluding carboxylic acids is 1. The van der Waals surface area contributed by atoms with Crippen LogP contribution in [0, 0.1) is 0 Å². The Hall–Kier alpha value is -0.200. The van der Waals surface area contributed by atoms with E-state index in [0.29, 0.717) is 13.0 Å². The summed E-state index contributed by atoms with van der Waals surface area (Å²) in [6.07, 6.45) is 18.8. The quantitative estimate of drug-likeness (QED) is 0.130. The molecular weight excluding hydrogens is 517 g/mol. The Kier molecular flexibility index (Phi) is 20.6. The van der Waals surface area contributed by atoms with E-state index >= 15 is 0 Å². The van der Waals surface area contributed by atoms with Crippen molar-refractivity contribution in [3.8, 4) is 0 Å². The molecule has 0 aliphatic rings. The molecule has 0 aliphatic carbocycles. The summed E-state index contributed by atoms with van der Waals surface area (Å²) in [5.74, 6) is -2.60. The second kappa shape index (κ2) is 20.7. The fraction of sp³-hybridized carbons (Fsp3) is 0.917. The summed E-state index contributed by atoms with van der Waals surface area (Å²) in [4.78, 5) is 23.4. The van der Waals surface area contributed by atoms with Crippen LogP contribution in [0.5, 0.6) is 0 Å². The zero-order valence-corrected chi connectivity index (χ0v) is 26.1. The van der Waals surface area contributed by atoms with Crippen LogP contribution < -0.4 is 5.32 Å². The van der Waals surface area contributed by atoms with E-state index in [2.05, 4.69) is 15.9 Å². The van der Waals surface area contributed by atoms with Gasteiger partial charge in [0.05, 0.1) is 0 Å². The topological polar surface area (TPSA) is 144 Å². The normalized spacial score (nSPS) is 13.9. The Morgan fingerprint density at radius 1 is 0.750 bits per heavy atom. The zero-order valence-electron chi connectivity index (χ0n) is 22.5. The van der Waals surface area contributed by atoms with Gasteiger partial charge in [-0.15, -0.1) is 0 Å². The van der Waals surface area contributed by atoms with Gasteiger partial charge in [-0.3, -0.25) is 0 Å². The van der Waals surface area contributed by atoms with E-state index in [9.17, 15) is 31.5 Å². The van der Waals surface area contributed by atoms with Crippen molar-refractivity contribution in [1.82, 2.24) is 5.32 Å². The van der Waals surface area contributed by atoms with Crippen LogP contribution in [0.15, 0.2) is 0 Å². The van der Waals surface area contributed by atoms with Crippen LogP contribution >= 0.6 is 0 Å². The first kappa shape index (κ1) is 35.8. The molecule has 0 aromatic carbocycles. The van der Waals surface area contributed by atoms with Gasteiger partial charge in [0.1, 0.15) is 0 Å². The number of nitrogens with one attached hydrogen (secondary N) is 1. The Labute approximate surface area is 236 Å². The van der Waals surface area contributed by atoms with Crippen LogP contribution in [0.25, 0.3) is 0 Å². The van der Waals surface area contributed by atoms with Crippen molar-refractivity contribution >= 4 is 60.0 Å². The number of unbranched alkanes of at least 4 members (excludes halogenated alkanes) is 15. The van der Waals surface area contributed by atoms with Crippen LogP contribution in [0.4, 0.5) is 0 Å². The fourth-order valence-electron chi connectivity index (χ4n) is 3.71. The third-order valence-electron chi connectivity index (χ3n) is 6.11. The summed E-state index contributed by atoms with van der Waals surface area (Å²) >= 11 is 0.109.